The first-order chi connectivity index (χ1) is 26.3. The number of anilines is 3. The van der Waals surface area contributed by atoms with Crippen LogP contribution in [0.25, 0.3) is 80.3 Å². The third-order valence-electron chi connectivity index (χ3n) is 10.7. The molecule has 0 spiro atoms. The van der Waals surface area contributed by atoms with Crippen molar-refractivity contribution in [2.45, 2.75) is 0 Å². The first kappa shape index (κ1) is 30.0. The first-order valence-corrected chi connectivity index (χ1v) is 18.9. The minimum Gasteiger partial charge on any atom is -0.310 e. The van der Waals surface area contributed by atoms with E-state index in [4.69, 9.17) is 0 Å². The number of thiophene rings is 1. The second kappa shape index (κ2) is 11.9. The minimum atomic E-state index is 1.12. The molecule has 0 bridgehead atoms. The van der Waals surface area contributed by atoms with Gasteiger partial charge < -0.3 is 9.47 Å². The van der Waals surface area contributed by atoms with Crippen molar-refractivity contribution in [1.82, 2.24) is 4.57 Å². The van der Waals surface area contributed by atoms with Crippen LogP contribution in [-0.2, 0) is 0 Å². The van der Waals surface area contributed by atoms with E-state index in [1.165, 1.54) is 80.3 Å². The van der Waals surface area contributed by atoms with E-state index >= 15 is 0 Å². The predicted octanol–water partition coefficient (Wildman–Crippen LogP) is 14.6. The molecule has 0 N–H and O–H groups in total. The van der Waals surface area contributed by atoms with Gasteiger partial charge in [-0.05, 0) is 76.5 Å². The third-order valence-corrected chi connectivity index (χ3v) is 11.9. The van der Waals surface area contributed by atoms with Gasteiger partial charge in [0.15, 0.2) is 0 Å². The van der Waals surface area contributed by atoms with E-state index in [2.05, 4.69) is 204 Å². The number of nitrogens with zero attached hydrogens (tertiary/aromatic N) is 2. The molecule has 2 aromatic heterocycles. The molecule has 53 heavy (non-hydrogen) atoms. The smallest absolute Gasteiger partial charge is 0.0640 e. The van der Waals surface area contributed by atoms with Crippen LogP contribution in [0.15, 0.2) is 194 Å². The zero-order valence-corrected chi connectivity index (χ0v) is 29.6. The van der Waals surface area contributed by atoms with Gasteiger partial charge in [0, 0.05) is 53.1 Å². The van der Waals surface area contributed by atoms with Crippen molar-refractivity contribution in [2.24, 2.45) is 0 Å². The van der Waals surface area contributed by atoms with E-state index in [1.807, 2.05) is 11.3 Å². The minimum absolute atomic E-state index is 1.12. The van der Waals surface area contributed by atoms with E-state index in [0.29, 0.717) is 0 Å². The number of hydrogen-bond donors (Lipinski definition) is 0. The molecule has 0 saturated heterocycles. The average molecular weight is 693 g/mol. The Morgan fingerprint density at radius 1 is 0.396 bits per heavy atom. The molecular weight excluding hydrogens is 661 g/mol. The van der Waals surface area contributed by atoms with Crippen molar-refractivity contribution in [1.29, 1.82) is 0 Å². The molecule has 0 unspecified atom stereocenters. The Hall–Kier alpha value is -6.68. The van der Waals surface area contributed by atoms with Gasteiger partial charge in [0.25, 0.3) is 0 Å². The highest BCUT2D eigenvalue weighted by molar-refractivity contribution is 7.25. The number of aromatic nitrogens is 1. The van der Waals surface area contributed by atoms with Crippen molar-refractivity contribution < 1.29 is 0 Å². The number of benzene rings is 9. The molecule has 2 nitrogen and oxygen atoms in total. The van der Waals surface area contributed by atoms with Crippen molar-refractivity contribution in [2.75, 3.05) is 4.90 Å². The monoisotopic (exact) mass is 692 g/mol. The summed E-state index contributed by atoms with van der Waals surface area (Å²) >= 11 is 1.86. The summed E-state index contributed by atoms with van der Waals surface area (Å²) < 4.78 is 5.11. The predicted molar refractivity (Wildman–Crippen MR) is 229 cm³/mol. The lowest BCUT2D eigenvalue weighted by Crippen LogP contribution is -2.10. The average Bonchev–Trinajstić information content (AvgIpc) is 3.77. The second-order valence-corrected chi connectivity index (χ2v) is 14.8. The molecule has 11 aromatic rings. The molecule has 248 valence electrons. The number of fused-ring (bicyclic) bond motifs is 9. The van der Waals surface area contributed by atoms with Crippen LogP contribution in [0, 0.1) is 0 Å². The Morgan fingerprint density at radius 3 is 1.92 bits per heavy atom. The molecule has 0 aliphatic heterocycles. The highest BCUT2D eigenvalue weighted by Gasteiger charge is 2.25. The molecule has 11 rings (SSSR count). The maximum Gasteiger partial charge on any atom is 0.0640 e. The Bertz CT molecular complexity index is 3170. The fraction of sp³-hybridized carbons (Fsp3) is 0. The zero-order valence-electron chi connectivity index (χ0n) is 28.8. The van der Waals surface area contributed by atoms with Crippen LogP contribution < -0.4 is 4.90 Å². The summed E-state index contributed by atoms with van der Waals surface area (Å²) in [5.74, 6) is 0. The second-order valence-electron chi connectivity index (χ2n) is 13.7. The highest BCUT2D eigenvalue weighted by atomic mass is 32.1. The quantitative estimate of drug-likeness (QED) is 0.174. The molecular formula is C50H32N2S. The molecule has 0 amide bonds. The van der Waals surface area contributed by atoms with Crippen LogP contribution in [0.4, 0.5) is 17.1 Å². The van der Waals surface area contributed by atoms with Gasteiger partial charge in [0.1, 0.15) is 0 Å². The van der Waals surface area contributed by atoms with E-state index in [-0.39, 0.29) is 0 Å². The maximum atomic E-state index is 2.52. The molecule has 2 heterocycles. The summed E-state index contributed by atoms with van der Waals surface area (Å²) in [5, 5.41) is 9.94. The largest absolute Gasteiger partial charge is 0.310 e. The standard InChI is InChI=1S/C50H32N2S/c1-3-14-33(15-4-1)35-26-29-45-43(30-35)49-46(31-36-17-8-10-22-40(36)50(49)52(45)44-24-13-18-34-16-7-9-21-39(34)44)51(37-19-5-2-6-20-37)38-27-28-42-41-23-11-12-25-47(41)53-48(42)32-38/h1-32H. The van der Waals surface area contributed by atoms with Crippen LogP contribution in [0.2, 0.25) is 0 Å². The molecule has 0 radical (unpaired) electrons. The topological polar surface area (TPSA) is 8.17 Å². The van der Waals surface area contributed by atoms with Crippen molar-refractivity contribution >= 4 is 91.9 Å². The summed E-state index contributed by atoms with van der Waals surface area (Å²) in [6.07, 6.45) is 0. The number of hydrogen-bond acceptors (Lipinski definition) is 2. The molecule has 3 heteroatoms. The Balaban J connectivity index is 1.31. The number of rotatable bonds is 5. The van der Waals surface area contributed by atoms with Crippen LogP contribution in [0.1, 0.15) is 0 Å². The van der Waals surface area contributed by atoms with Crippen LogP contribution in [-0.4, -0.2) is 4.57 Å². The van der Waals surface area contributed by atoms with E-state index in [9.17, 15) is 0 Å². The van der Waals surface area contributed by atoms with Crippen LogP contribution in [0.3, 0.4) is 0 Å². The molecule has 0 fully saturated rings. The number of para-hydroxylation sites is 1. The fourth-order valence-corrected chi connectivity index (χ4v) is 9.50. The van der Waals surface area contributed by atoms with Gasteiger partial charge in [-0.3, -0.25) is 0 Å². The first-order valence-electron chi connectivity index (χ1n) is 18.1. The van der Waals surface area contributed by atoms with Gasteiger partial charge in [-0.1, -0.05) is 140 Å². The van der Waals surface area contributed by atoms with Gasteiger partial charge in [-0.25, -0.2) is 0 Å². The van der Waals surface area contributed by atoms with E-state index < -0.39 is 0 Å². The van der Waals surface area contributed by atoms with Gasteiger partial charge in [-0.15, -0.1) is 11.3 Å². The molecule has 0 saturated carbocycles. The van der Waals surface area contributed by atoms with Gasteiger partial charge in [-0.2, -0.15) is 0 Å². The lowest BCUT2D eigenvalue weighted by Gasteiger charge is -2.27. The summed E-state index contributed by atoms with van der Waals surface area (Å²) in [6, 6.07) is 71.1. The SMILES string of the molecule is c1ccc(-c2ccc3c(c2)c2c(N(c4ccccc4)c4ccc5c(c4)sc4ccccc45)cc4ccccc4c2n3-c2cccc3ccccc23)cc1. The Labute approximate surface area is 311 Å². The van der Waals surface area contributed by atoms with E-state index in [0.717, 1.165) is 17.1 Å². The van der Waals surface area contributed by atoms with Crippen molar-refractivity contribution in [3.63, 3.8) is 0 Å². The van der Waals surface area contributed by atoms with Crippen LogP contribution >= 0.6 is 11.3 Å². The van der Waals surface area contributed by atoms with Crippen molar-refractivity contribution in [3.05, 3.63) is 194 Å². The van der Waals surface area contributed by atoms with Gasteiger partial charge in [0.05, 0.1) is 22.4 Å². The molecule has 0 atom stereocenters. The Kier molecular flexibility index (Phi) is 6.76. The molecule has 0 aliphatic carbocycles. The normalized spacial score (nSPS) is 11.8. The maximum absolute atomic E-state index is 2.52. The third kappa shape index (κ3) is 4.71. The van der Waals surface area contributed by atoms with Gasteiger partial charge >= 0.3 is 0 Å². The van der Waals surface area contributed by atoms with E-state index in [1.54, 1.807) is 0 Å². The fourth-order valence-electron chi connectivity index (χ4n) is 8.36. The zero-order chi connectivity index (χ0) is 34.9. The van der Waals surface area contributed by atoms with Crippen molar-refractivity contribution in [3.8, 4) is 16.8 Å². The molecule has 0 aliphatic rings. The highest BCUT2D eigenvalue weighted by Crippen LogP contribution is 2.49. The van der Waals surface area contributed by atoms with Crippen LogP contribution in [0.5, 0.6) is 0 Å². The summed E-state index contributed by atoms with van der Waals surface area (Å²) in [4.78, 5) is 2.47. The summed E-state index contributed by atoms with van der Waals surface area (Å²) in [7, 11) is 0. The summed E-state index contributed by atoms with van der Waals surface area (Å²) in [6.45, 7) is 0. The van der Waals surface area contributed by atoms with Gasteiger partial charge in [0.2, 0.25) is 0 Å². The summed E-state index contributed by atoms with van der Waals surface area (Å²) in [5.41, 5.74) is 9.38. The lowest BCUT2D eigenvalue weighted by atomic mass is 9.99. The Morgan fingerprint density at radius 2 is 1.08 bits per heavy atom. The molecule has 9 aromatic carbocycles. The lowest BCUT2D eigenvalue weighted by molar-refractivity contribution is 1.20.